The fraction of sp³-hybridized carbons (Fsp3) is 0.250. The number of ketones is 1. The Morgan fingerprint density at radius 2 is 2.06 bits per heavy atom. The van der Waals surface area contributed by atoms with Gasteiger partial charge in [0.1, 0.15) is 5.82 Å². The molecular formula is C12H15N3O2. The summed E-state index contributed by atoms with van der Waals surface area (Å²) in [5, 5.41) is 2.56. The molecule has 0 aliphatic heterocycles. The van der Waals surface area contributed by atoms with Crippen molar-refractivity contribution in [2.24, 2.45) is 0 Å². The van der Waals surface area contributed by atoms with Crippen molar-refractivity contribution in [1.82, 2.24) is 9.88 Å². The van der Waals surface area contributed by atoms with Crippen LogP contribution in [0.5, 0.6) is 0 Å². The van der Waals surface area contributed by atoms with Crippen LogP contribution >= 0.6 is 0 Å². The fourth-order valence-corrected chi connectivity index (χ4v) is 1.19. The van der Waals surface area contributed by atoms with Gasteiger partial charge in [-0.05, 0) is 19.1 Å². The molecule has 1 aromatic heterocycles. The van der Waals surface area contributed by atoms with Gasteiger partial charge in [-0.15, -0.1) is 0 Å². The number of rotatable bonds is 4. The lowest BCUT2D eigenvalue weighted by Crippen LogP contribution is -2.21. The summed E-state index contributed by atoms with van der Waals surface area (Å²) in [6.07, 6.45) is 3.05. The highest BCUT2D eigenvalue weighted by Crippen LogP contribution is 2.05. The van der Waals surface area contributed by atoms with Gasteiger partial charge in [-0.25, -0.2) is 4.98 Å². The number of amides is 1. The van der Waals surface area contributed by atoms with Crippen LogP contribution in [0.15, 0.2) is 36.2 Å². The van der Waals surface area contributed by atoms with Crippen LogP contribution in [-0.4, -0.2) is 35.7 Å². The maximum atomic E-state index is 11.8. The van der Waals surface area contributed by atoms with Gasteiger partial charge in [-0.2, -0.15) is 0 Å². The van der Waals surface area contributed by atoms with Gasteiger partial charge in [-0.3, -0.25) is 9.59 Å². The predicted molar refractivity (Wildman–Crippen MR) is 65.3 cm³/mol. The molecule has 0 atom stereocenters. The minimum Gasteiger partial charge on any atom is -0.383 e. The Labute approximate surface area is 100 Å². The molecule has 17 heavy (non-hydrogen) atoms. The molecule has 1 heterocycles. The molecule has 0 aliphatic rings. The summed E-state index contributed by atoms with van der Waals surface area (Å²) in [6.45, 7) is 1.35. The molecule has 0 bridgehead atoms. The number of anilines is 1. The summed E-state index contributed by atoms with van der Waals surface area (Å²) in [5.74, 6) is -0.319. The Morgan fingerprint density at radius 3 is 2.53 bits per heavy atom. The first kappa shape index (κ1) is 12.9. The Hall–Kier alpha value is -2.17. The molecule has 0 spiro atoms. The number of aromatic nitrogens is 1. The monoisotopic (exact) mass is 233 g/mol. The molecule has 1 aromatic rings. The highest BCUT2D eigenvalue weighted by Gasteiger charge is 2.15. The van der Waals surface area contributed by atoms with Crippen molar-refractivity contribution in [2.75, 3.05) is 19.4 Å². The summed E-state index contributed by atoms with van der Waals surface area (Å²) >= 11 is 0. The van der Waals surface area contributed by atoms with Crippen LogP contribution in [0.2, 0.25) is 0 Å². The zero-order valence-electron chi connectivity index (χ0n) is 10.1. The Morgan fingerprint density at radius 1 is 1.35 bits per heavy atom. The number of nitrogens with one attached hydrogen (secondary N) is 1. The van der Waals surface area contributed by atoms with Crippen molar-refractivity contribution in [3.05, 3.63) is 36.2 Å². The van der Waals surface area contributed by atoms with Gasteiger partial charge in [0.15, 0.2) is 5.78 Å². The zero-order chi connectivity index (χ0) is 12.8. The van der Waals surface area contributed by atoms with E-state index in [9.17, 15) is 9.59 Å². The summed E-state index contributed by atoms with van der Waals surface area (Å²) in [6, 6.07) is 5.16. The van der Waals surface area contributed by atoms with E-state index in [0.29, 0.717) is 5.82 Å². The molecule has 0 saturated heterocycles. The van der Waals surface area contributed by atoms with Crippen molar-refractivity contribution in [3.63, 3.8) is 0 Å². The predicted octanol–water partition coefficient (Wildman–Crippen LogP) is 1.05. The fourth-order valence-electron chi connectivity index (χ4n) is 1.19. The van der Waals surface area contributed by atoms with Gasteiger partial charge in [0.05, 0.1) is 5.57 Å². The number of nitrogens with zero attached hydrogens (tertiary/aromatic N) is 2. The maximum absolute atomic E-state index is 11.8. The van der Waals surface area contributed by atoms with E-state index in [2.05, 4.69) is 10.3 Å². The lowest BCUT2D eigenvalue weighted by atomic mass is 10.2. The van der Waals surface area contributed by atoms with Crippen LogP contribution in [0.25, 0.3) is 0 Å². The van der Waals surface area contributed by atoms with Gasteiger partial charge in [0, 0.05) is 26.5 Å². The van der Waals surface area contributed by atoms with Crippen molar-refractivity contribution >= 4 is 17.5 Å². The molecule has 0 radical (unpaired) electrons. The van der Waals surface area contributed by atoms with E-state index in [4.69, 9.17) is 0 Å². The van der Waals surface area contributed by atoms with Gasteiger partial charge >= 0.3 is 0 Å². The van der Waals surface area contributed by atoms with Gasteiger partial charge in [0.2, 0.25) is 0 Å². The minimum absolute atomic E-state index is 0.0978. The summed E-state index contributed by atoms with van der Waals surface area (Å²) in [4.78, 5) is 28.8. The quantitative estimate of drug-likeness (QED) is 0.480. The SMILES string of the molecule is CC(=O)C(=CN(C)C)C(=O)Nc1ccccn1. The van der Waals surface area contributed by atoms with E-state index in [-0.39, 0.29) is 11.4 Å². The minimum atomic E-state index is -0.454. The highest BCUT2D eigenvalue weighted by atomic mass is 16.2. The summed E-state index contributed by atoms with van der Waals surface area (Å²) in [5.41, 5.74) is 0.0978. The third-order valence-corrected chi connectivity index (χ3v) is 1.92. The maximum Gasteiger partial charge on any atom is 0.261 e. The first-order valence-corrected chi connectivity index (χ1v) is 5.12. The second-order valence-corrected chi connectivity index (χ2v) is 3.73. The molecule has 5 heteroatoms. The first-order valence-electron chi connectivity index (χ1n) is 5.12. The van der Waals surface area contributed by atoms with E-state index < -0.39 is 5.91 Å². The normalized spacial score (nSPS) is 10.9. The summed E-state index contributed by atoms with van der Waals surface area (Å²) < 4.78 is 0. The molecular weight excluding hydrogens is 218 g/mol. The molecule has 0 saturated carbocycles. The third kappa shape index (κ3) is 4.06. The van der Waals surface area contributed by atoms with Crippen molar-refractivity contribution in [1.29, 1.82) is 0 Å². The molecule has 90 valence electrons. The third-order valence-electron chi connectivity index (χ3n) is 1.92. The van der Waals surface area contributed by atoms with E-state index in [1.807, 2.05) is 0 Å². The second-order valence-electron chi connectivity index (χ2n) is 3.73. The molecule has 0 unspecified atom stereocenters. The Bertz CT molecular complexity index is 438. The molecule has 5 nitrogen and oxygen atoms in total. The molecule has 1 rings (SSSR count). The molecule has 0 aliphatic carbocycles. The highest BCUT2D eigenvalue weighted by molar-refractivity contribution is 6.22. The lowest BCUT2D eigenvalue weighted by molar-refractivity contribution is -0.119. The van der Waals surface area contributed by atoms with Crippen molar-refractivity contribution < 1.29 is 9.59 Å². The van der Waals surface area contributed by atoms with E-state index in [0.717, 1.165) is 0 Å². The van der Waals surface area contributed by atoms with Crippen LogP contribution in [0, 0.1) is 0 Å². The van der Waals surface area contributed by atoms with Crippen molar-refractivity contribution in [3.8, 4) is 0 Å². The van der Waals surface area contributed by atoms with Crippen LogP contribution in [-0.2, 0) is 9.59 Å². The Balaban J connectivity index is 2.84. The molecule has 0 aromatic carbocycles. The lowest BCUT2D eigenvalue weighted by Gasteiger charge is -2.09. The zero-order valence-corrected chi connectivity index (χ0v) is 10.1. The standard InChI is InChI=1S/C12H15N3O2/c1-9(16)10(8-15(2)3)12(17)14-11-6-4-5-7-13-11/h4-8H,1-3H3,(H,13,14,17). The van der Waals surface area contributed by atoms with E-state index in [1.165, 1.54) is 13.1 Å². The smallest absolute Gasteiger partial charge is 0.261 e. The van der Waals surface area contributed by atoms with Crippen molar-refractivity contribution in [2.45, 2.75) is 6.92 Å². The number of pyridine rings is 1. The molecule has 1 amide bonds. The number of Topliss-reactive ketones (excluding diaryl/α,β-unsaturated/α-hetero) is 1. The van der Waals surface area contributed by atoms with Crippen LogP contribution in [0.3, 0.4) is 0 Å². The van der Waals surface area contributed by atoms with Gasteiger partial charge in [0.25, 0.3) is 5.91 Å². The molecule has 0 fully saturated rings. The number of carbonyl (C=O) groups excluding carboxylic acids is 2. The summed E-state index contributed by atoms with van der Waals surface area (Å²) in [7, 11) is 3.49. The average molecular weight is 233 g/mol. The number of hydrogen-bond donors (Lipinski definition) is 1. The number of hydrogen-bond acceptors (Lipinski definition) is 4. The van der Waals surface area contributed by atoms with Crippen LogP contribution in [0.4, 0.5) is 5.82 Å². The van der Waals surface area contributed by atoms with E-state index in [1.54, 1.807) is 43.4 Å². The van der Waals surface area contributed by atoms with Crippen LogP contribution < -0.4 is 5.32 Å². The number of carbonyl (C=O) groups is 2. The first-order chi connectivity index (χ1) is 8.00. The average Bonchev–Trinajstić information content (AvgIpc) is 2.26. The largest absolute Gasteiger partial charge is 0.383 e. The Kier molecular flexibility index (Phi) is 4.39. The topological polar surface area (TPSA) is 62.3 Å². The second kappa shape index (κ2) is 5.79. The van der Waals surface area contributed by atoms with Gasteiger partial charge in [-0.1, -0.05) is 6.07 Å². The molecule has 1 N–H and O–H groups in total. The van der Waals surface area contributed by atoms with Crippen LogP contribution in [0.1, 0.15) is 6.92 Å². The van der Waals surface area contributed by atoms with Gasteiger partial charge < -0.3 is 10.2 Å². The van der Waals surface area contributed by atoms with E-state index >= 15 is 0 Å².